The minimum atomic E-state index is -0.473. The second kappa shape index (κ2) is 3.96. The van der Waals surface area contributed by atoms with E-state index in [1.165, 1.54) is 0 Å². The Morgan fingerprint density at radius 2 is 1.94 bits per heavy atom. The molecule has 5 heteroatoms. The quantitative estimate of drug-likeness (QED) is 0.703. The maximum atomic E-state index is 12.0. The molecule has 0 saturated carbocycles. The van der Waals surface area contributed by atoms with Crippen LogP contribution in [0.15, 0.2) is 39.2 Å². The van der Waals surface area contributed by atoms with Crippen molar-refractivity contribution in [1.82, 2.24) is 9.97 Å². The predicted molar refractivity (Wildman–Crippen MR) is 73.2 cm³/mol. The van der Waals surface area contributed by atoms with Crippen LogP contribution in [0.25, 0.3) is 21.2 Å². The predicted octanol–water partition coefficient (Wildman–Crippen LogP) is 2.25. The highest BCUT2D eigenvalue weighted by molar-refractivity contribution is 7.17. The summed E-state index contributed by atoms with van der Waals surface area (Å²) in [7, 11) is 0. The lowest BCUT2D eigenvalue weighted by molar-refractivity contribution is 1.000. The molecular formula is C13H10N2O2S. The van der Waals surface area contributed by atoms with E-state index in [0.717, 1.165) is 15.6 Å². The lowest BCUT2D eigenvalue weighted by Gasteiger charge is -2.05. The highest BCUT2D eigenvalue weighted by Gasteiger charge is 2.12. The van der Waals surface area contributed by atoms with Crippen LogP contribution in [0.4, 0.5) is 0 Å². The van der Waals surface area contributed by atoms with E-state index < -0.39 is 5.69 Å². The van der Waals surface area contributed by atoms with E-state index in [1.54, 1.807) is 18.3 Å². The van der Waals surface area contributed by atoms with Crippen LogP contribution in [0.1, 0.15) is 5.69 Å². The zero-order chi connectivity index (χ0) is 12.7. The minimum absolute atomic E-state index is 0.350. The first-order valence-corrected chi connectivity index (χ1v) is 6.34. The summed E-state index contributed by atoms with van der Waals surface area (Å²) in [6, 6.07) is 7.83. The first kappa shape index (κ1) is 11.0. The Labute approximate surface area is 106 Å². The Kier molecular flexibility index (Phi) is 2.41. The molecule has 0 saturated heterocycles. The van der Waals surface area contributed by atoms with Crippen LogP contribution in [-0.4, -0.2) is 9.97 Å². The highest BCUT2D eigenvalue weighted by Crippen LogP contribution is 2.31. The summed E-state index contributed by atoms with van der Waals surface area (Å²) in [5, 5.41) is 3.09. The molecule has 0 bridgehead atoms. The molecule has 18 heavy (non-hydrogen) atoms. The fourth-order valence-corrected chi connectivity index (χ4v) is 3.03. The molecule has 90 valence electrons. The lowest BCUT2D eigenvalue weighted by Crippen LogP contribution is -2.24. The summed E-state index contributed by atoms with van der Waals surface area (Å²) < 4.78 is 1.05. The summed E-state index contributed by atoms with van der Waals surface area (Å²) in [5.74, 6) is 0. The Morgan fingerprint density at radius 1 is 1.11 bits per heavy atom. The number of hydrogen-bond acceptors (Lipinski definition) is 3. The van der Waals surface area contributed by atoms with E-state index in [1.807, 2.05) is 29.6 Å². The van der Waals surface area contributed by atoms with Crippen LogP contribution in [0, 0.1) is 6.92 Å². The summed E-state index contributed by atoms with van der Waals surface area (Å²) in [6.07, 6.45) is 0. The zero-order valence-electron chi connectivity index (χ0n) is 9.61. The number of rotatable bonds is 1. The van der Waals surface area contributed by atoms with Gasteiger partial charge < -0.3 is 4.98 Å². The van der Waals surface area contributed by atoms with Crippen LogP contribution in [-0.2, 0) is 0 Å². The molecule has 0 aliphatic rings. The number of aromatic nitrogens is 2. The Bertz CT molecular complexity index is 842. The highest BCUT2D eigenvalue weighted by atomic mass is 32.1. The third-order valence-electron chi connectivity index (χ3n) is 2.88. The molecule has 3 rings (SSSR count). The van der Waals surface area contributed by atoms with Gasteiger partial charge in [0.1, 0.15) is 0 Å². The van der Waals surface area contributed by atoms with Crippen LogP contribution < -0.4 is 11.2 Å². The normalized spacial score (nSPS) is 10.9. The number of hydrogen-bond donors (Lipinski definition) is 2. The van der Waals surface area contributed by atoms with Gasteiger partial charge in [0, 0.05) is 16.0 Å². The smallest absolute Gasteiger partial charge is 0.311 e. The molecule has 2 N–H and O–H groups in total. The standard InChI is InChI=1S/C13H10N2O2S/c1-7-10(12(16)15-13(17)14-7)9-4-2-3-8-5-6-18-11(8)9/h2-6H,1H3,(H2,14,15,16,17). The molecule has 4 nitrogen and oxygen atoms in total. The molecule has 1 aromatic carbocycles. The topological polar surface area (TPSA) is 65.7 Å². The van der Waals surface area contributed by atoms with E-state index in [9.17, 15) is 9.59 Å². The van der Waals surface area contributed by atoms with Crippen LogP contribution in [0.3, 0.4) is 0 Å². The van der Waals surface area contributed by atoms with E-state index in [0.29, 0.717) is 11.3 Å². The summed E-state index contributed by atoms with van der Waals surface area (Å²) >= 11 is 1.59. The Balaban J connectivity index is 2.43. The Hall–Kier alpha value is -2.14. The van der Waals surface area contributed by atoms with Crippen molar-refractivity contribution < 1.29 is 0 Å². The van der Waals surface area contributed by atoms with Crippen molar-refractivity contribution in [3.63, 3.8) is 0 Å². The molecule has 0 atom stereocenters. The fraction of sp³-hybridized carbons (Fsp3) is 0.0769. The second-order valence-electron chi connectivity index (χ2n) is 4.05. The first-order chi connectivity index (χ1) is 8.66. The van der Waals surface area contributed by atoms with Gasteiger partial charge in [-0.25, -0.2) is 4.79 Å². The van der Waals surface area contributed by atoms with Gasteiger partial charge in [-0.05, 0) is 23.8 Å². The van der Waals surface area contributed by atoms with Gasteiger partial charge in [0.25, 0.3) is 5.56 Å². The molecule has 2 aromatic heterocycles. The number of thiophene rings is 1. The molecule has 0 radical (unpaired) electrons. The van der Waals surface area contributed by atoms with E-state index in [4.69, 9.17) is 0 Å². The molecule has 3 aromatic rings. The minimum Gasteiger partial charge on any atom is -0.311 e. The molecule has 0 amide bonds. The zero-order valence-corrected chi connectivity index (χ0v) is 10.4. The number of fused-ring (bicyclic) bond motifs is 1. The van der Waals surface area contributed by atoms with Crippen molar-refractivity contribution >= 4 is 21.4 Å². The summed E-state index contributed by atoms with van der Waals surface area (Å²) in [4.78, 5) is 28.1. The van der Waals surface area contributed by atoms with E-state index in [2.05, 4.69) is 9.97 Å². The van der Waals surface area contributed by atoms with Crippen molar-refractivity contribution in [1.29, 1.82) is 0 Å². The number of nitrogens with one attached hydrogen (secondary N) is 2. The molecule has 2 heterocycles. The maximum absolute atomic E-state index is 12.0. The van der Waals surface area contributed by atoms with Crippen molar-refractivity contribution in [2.24, 2.45) is 0 Å². The van der Waals surface area contributed by atoms with Gasteiger partial charge in [-0.15, -0.1) is 11.3 Å². The monoisotopic (exact) mass is 258 g/mol. The van der Waals surface area contributed by atoms with Crippen molar-refractivity contribution in [3.8, 4) is 11.1 Å². The van der Waals surface area contributed by atoms with Crippen LogP contribution in [0.2, 0.25) is 0 Å². The van der Waals surface area contributed by atoms with E-state index >= 15 is 0 Å². The van der Waals surface area contributed by atoms with Gasteiger partial charge in [-0.2, -0.15) is 0 Å². The third-order valence-corrected chi connectivity index (χ3v) is 3.84. The largest absolute Gasteiger partial charge is 0.325 e. The SMILES string of the molecule is Cc1[nH]c(=O)[nH]c(=O)c1-c1cccc2ccsc12. The Morgan fingerprint density at radius 3 is 2.72 bits per heavy atom. The number of H-pyrrole nitrogens is 2. The average molecular weight is 258 g/mol. The molecule has 0 unspecified atom stereocenters. The average Bonchev–Trinajstić information content (AvgIpc) is 2.76. The fourth-order valence-electron chi connectivity index (χ4n) is 2.11. The van der Waals surface area contributed by atoms with Crippen molar-refractivity contribution in [3.05, 3.63) is 56.2 Å². The molecular weight excluding hydrogens is 248 g/mol. The van der Waals surface area contributed by atoms with Gasteiger partial charge in [0.2, 0.25) is 0 Å². The second-order valence-corrected chi connectivity index (χ2v) is 4.97. The van der Waals surface area contributed by atoms with Crippen LogP contribution in [0.5, 0.6) is 0 Å². The molecule has 0 fully saturated rings. The van der Waals surface area contributed by atoms with Gasteiger partial charge in [-0.1, -0.05) is 18.2 Å². The van der Waals surface area contributed by atoms with Gasteiger partial charge in [0.05, 0.1) is 5.56 Å². The third kappa shape index (κ3) is 1.60. The first-order valence-electron chi connectivity index (χ1n) is 5.46. The van der Waals surface area contributed by atoms with Gasteiger partial charge in [-0.3, -0.25) is 9.78 Å². The van der Waals surface area contributed by atoms with Crippen molar-refractivity contribution in [2.45, 2.75) is 6.92 Å². The maximum Gasteiger partial charge on any atom is 0.325 e. The van der Waals surface area contributed by atoms with Crippen LogP contribution >= 0.6 is 11.3 Å². The molecule has 0 aliphatic heterocycles. The summed E-state index contributed by atoms with van der Waals surface area (Å²) in [6.45, 7) is 1.73. The van der Waals surface area contributed by atoms with Crippen molar-refractivity contribution in [2.75, 3.05) is 0 Å². The number of aryl methyl sites for hydroxylation is 1. The lowest BCUT2D eigenvalue weighted by atomic mass is 10.0. The van der Waals surface area contributed by atoms with Gasteiger partial charge in [0.15, 0.2) is 0 Å². The number of benzene rings is 1. The van der Waals surface area contributed by atoms with E-state index in [-0.39, 0.29) is 5.56 Å². The van der Waals surface area contributed by atoms with Gasteiger partial charge >= 0.3 is 5.69 Å². The molecule has 0 aliphatic carbocycles. The number of aromatic amines is 2. The molecule has 0 spiro atoms. The summed E-state index contributed by atoms with van der Waals surface area (Å²) in [5.41, 5.74) is 1.15.